The predicted molar refractivity (Wildman–Crippen MR) is 94.5 cm³/mol. The van der Waals surface area contributed by atoms with Crippen LogP contribution in [0, 0.1) is 11.3 Å². The van der Waals surface area contributed by atoms with Crippen molar-refractivity contribution in [1.29, 1.82) is 0 Å². The lowest BCUT2D eigenvalue weighted by Crippen LogP contribution is -2.19. The van der Waals surface area contributed by atoms with E-state index in [9.17, 15) is 0 Å². The summed E-state index contributed by atoms with van der Waals surface area (Å²) in [7, 11) is 0. The minimum absolute atomic E-state index is 0.154. The van der Waals surface area contributed by atoms with Gasteiger partial charge >= 0.3 is 0 Å². The summed E-state index contributed by atoms with van der Waals surface area (Å²) in [4.78, 5) is 0. The molecule has 0 saturated carbocycles. The highest BCUT2D eigenvalue weighted by atomic mass is 14.6. The molecular weight excluding hydrogens is 254 g/mol. The van der Waals surface area contributed by atoms with Crippen LogP contribution in [0.2, 0.25) is 0 Å². The Labute approximate surface area is 132 Å². The van der Waals surface area contributed by atoms with E-state index in [-0.39, 0.29) is 11.5 Å². The minimum Gasteiger partial charge on any atom is -0.324 e. The summed E-state index contributed by atoms with van der Waals surface area (Å²) >= 11 is 0. The van der Waals surface area contributed by atoms with Crippen molar-refractivity contribution in [2.45, 2.75) is 79.2 Å². The Hall–Kier alpha value is -0.820. The highest BCUT2D eigenvalue weighted by molar-refractivity contribution is 5.29. The maximum atomic E-state index is 6.41. The van der Waals surface area contributed by atoms with Crippen molar-refractivity contribution < 1.29 is 0 Å². The molecule has 0 radical (unpaired) electrons. The normalized spacial score (nSPS) is 15.8. The Balaban J connectivity index is 2.69. The highest BCUT2D eigenvalue weighted by Crippen LogP contribution is 2.31. The zero-order valence-corrected chi connectivity index (χ0v) is 15.2. The van der Waals surface area contributed by atoms with Crippen molar-refractivity contribution in [2.75, 3.05) is 0 Å². The Bertz CT molecular complexity index is 422. The monoisotopic (exact) mass is 289 g/mol. The molecule has 1 aromatic rings. The third-order valence-corrected chi connectivity index (χ3v) is 4.62. The van der Waals surface area contributed by atoms with E-state index < -0.39 is 0 Å². The van der Waals surface area contributed by atoms with Gasteiger partial charge in [0, 0.05) is 6.04 Å². The Kier molecular flexibility index (Phi) is 6.04. The molecule has 0 aliphatic rings. The van der Waals surface area contributed by atoms with Crippen molar-refractivity contribution in [2.24, 2.45) is 17.1 Å². The second-order valence-corrected chi connectivity index (χ2v) is 8.57. The van der Waals surface area contributed by atoms with Gasteiger partial charge in [0.05, 0.1) is 0 Å². The first-order valence-corrected chi connectivity index (χ1v) is 8.41. The standard InChI is InChI=1S/C20H35N/c1-8-20(6,7)17-11-9-16(10-12-17)18(21)13-15(2)14-19(3,4)5/h9-12,15,18H,8,13-14,21H2,1-7H3. The zero-order chi connectivity index (χ0) is 16.3. The number of nitrogens with two attached hydrogens (primary N) is 1. The molecule has 2 atom stereocenters. The van der Waals surface area contributed by atoms with E-state index in [0.29, 0.717) is 11.3 Å². The molecule has 0 amide bonds. The van der Waals surface area contributed by atoms with Crippen molar-refractivity contribution in [3.05, 3.63) is 35.4 Å². The molecule has 0 spiro atoms. The largest absolute Gasteiger partial charge is 0.324 e. The van der Waals surface area contributed by atoms with Gasteiger partial charge in [-0.15, -0.1) is 0 Å². The smallest absolute Gasteiger partial charge is 0.0297 e. The molecule has 2 N–H and O–H groups in total. The van der Waals surface area contributed by atoms with Crippen molar-refractivity contribution in [1.82, 2.24) is 0 Å². The fourth-order valence-corrected chi connectivity index (χ4v) is 3.08. The minimum atomic E-state index is 0.154. The molecular formula is C20H35N. The molecule has 0 bridgehead atoms. The van der Waals surface area contributed by atoms with Gasteiger partial charge in [-0.2, -0.15) is 0 Å². The van der Waals surface area contributed by atoms with E-state index in [4.69, 9.17) is 5.73 Å². The molecule has 1 aromatic carbocycles. The molecule has 0 saturated heterocycles. The van der Waals surface area contributed by atoms with E-state index >= 15 is 0 Å². The van der Waals surface area contributed by atoms with Crippen LogP contribution in [0.4, 0.5) is 0 Å². The van der Waals surface area contributed by atoms with Crippen molar-refractivity contribution >= 4 is 0 Å². The van der Waals surface area contributed by atoms with Crippen LogP contribution >= 0.6 is 0 Å². The van der Waals surface area contributed by atoms with Crippen LogP contribution < -0.4 is 5.73 Å². The number of hydrogen-bond donors (Lipinski definition) is 1. The van der Waals surface area contributed by atoms with E-state index in [1.165, 1.54) is 17.5 Å². The second kappa shape index (κ2) is 6.96. The average molecular weight is 290 g/mol. The molecule has 0 aromatic heterocycles. The molecule has 2 unspecified atom stereocenters. The number of hydrogen-bond acceptors (Lipinski definition) is 1. The fraction of sp³-hybridized carbons (Fsp3) is 0.700. The Morgan fingerprint density at radius 3 is 1.95 bits per heavy atom. The summed E-state index contributed by atoms with van der Waals surface area (Å²) in [5.74, 6) is 0.659. The Morgan fingerprint density at radius 1 is 1.00 bits per heavy atom. The molecule has 0 aliphatic carbocycles. The van der Waals surface area contributed by atoms with E-state index in [0.717, 1.165) is 12.8 Å². The van der Waals surface area contributed by atoms with Crippen molar-refractivity contribution in [3.8, 4) is 0 Å². The van der Waals surface area contributed by atoms with Gasteiger partial charge in [-0.1, -0.05) is 72.7 Å². The van der Waals surface area contributed by atoms with Gasteiger partial charge in [-0.3, -0.25) is 0 Å². The quantitative estimate of drug-likeness (QED) is 0.700. The lowest BCUT2D eigenvalue weighted by Gasteiger charge is -2.26. The fourth-order valence-electron chi connectivity index (χ4n) is 3.08. The van der Waals surface area contributed by atoms with Crippen LogP contribution in [0.5, 0.6) is 0 Å². The average Bonchev–Trinajstić information content (AvgIpc) is 2.36. The first-order valence-electron chi connectivity index (χ1n) is 8.41. The van der Waals surface area contributed by atoms with E-state index in [1.807, 2.05) is 0 Å². The lowest BCUT2D eigenvalue weighted by molar-refractivity contribution is 0.286. The molecule has 0 aliphatic heterocycles. The van der Waals surface area contributed by atoms with Gasteiger partial charge in [0.2, 0.25) is 0 Å². The van der Waals surface area contributed by atoms with Crippen LogP contribution in [-0.4, -0.2) is 0 Å². The van der Waals surface area contributed by atoms with Gasteiger partial charge in [-0.05, 0) is 47.1 Å². The molecule has 120 valence electrons. The van der Waals surface area contributed by atoms with Crippen LogP contribution in [0.15, 0.2) is 24.3 Å². The first kappa shape index (κ1) is 18.2. The summed E-state index contributed by atoms with van der Waals surface area (Å²) in [6.45, 7) is 16.1. The third kappa shape index (κ3) is 5.82. The van der Waals surface area contributed by atoms with Crippen LogP contribution in [0.3, 0.4) is 0 Å². The maximum absolute atomic E-state index is 6.41. The molecule has 0 fully saturated rings. The Morgan fingerprint density at radius 2 is 1.52 bits per heavy atom. The zero-order valence-electron chi connectivity index (χ0n) is 15.2. The second-order valence-electron chi connectivity index (χ2n) is 8.57. The molecule has 1 nitrogen and oxygen atoms in total. The SMILES string of the molecule is CCC(C)(C)c1ccc(C(N)CC(C)CC(C)(C)C)cc1. The van der Waals surface area contributed by atoms with Gasteiger partial charge in [0.15, 0.2) is 0 Å². The number of rotatable bonds is 6. The first-order chi connectivity index (χ1) is 9.55. The van der Waals surface area contributed by atoms with E-state index in [2.05, 4.69) is 72.7 Å². The van der Waals surface area contributed by atoms with Crippen LogP contribution in [0.1, 0.15) is 84.9 Å². The van der Waals surface area contributed by atoms with Crippen molar-refractivity contribution in [3.63, 3.8) is 0 Å². The topological polar surface area (TPSA) is 26.0 Å². The van der Waals surface area contributed by atoms with Crippen LogP contribution in [-0.2, 0) is 5.41 Å². The summed E-state index contributed by atoms with van der Waals surface area (Å²) in [6.07, 6.45) is 3.44. The summed E-state index contributed by atoms with van der Waals surface area (Å²) in [5, 5.41) is 0. The lowest BCUT2D eigenvalue weighted by atomic mass is 9.80. The third-order valence-electron chi connectivity index (χ3n) is 4.62. The van der Waals surface area contributed by atoms with E-state index in [1.54, 1.807) is 0 Å². The predicted octanol–water partition coefficient (Wildman–Crippen LogP) is 5.84. The van der Waals surface area contributed by atoms with Crippen LogP contribution in [0.25, 0.3) is 0 Å². The molecule has 0 heterocycles. The van der Waals surface area contributed by atoms with Gasteiger partial charge in [0.25, 0.3) is 0 Å². The summed E-state index contributed by atoms with van der Waals surface area (Å²) < 4.78 is 0. The number of benzene rings is 1. The molecule has 1 rings (SSSR count). The molecule has 1 heteroatoms. The highest BCUT2D eigenvalue weighted by Gasteiger charge is 2.20. The summed E-state index contributed by atoms with van der Waals surface area (Å²) in [6, 6.07) is 9.11. The summed E-state index contributed by atoms with van der Waals surface area (Å²) in [5.41, 5.74) is 9.72. The van der Waals surface area contributed by atoms with Gasteiger partial charge in [0.1, 0.15) is 0 Å². The maximum Gasteiger partial charge on any atom is 0.0297 e. The van der Waals surface area contributed by atoms with Gasteiger partial charge in [-0.25, -0.2) is 0 Å². The molecule has 21 heavy (non-hydrogen) atoms. The van der Waals surface area contributed by atoms with Gasteiger partial charge < -0.3 is 5.73 Å².